The molecule has 0 aromatic heterocycles. The normalized spacial score (nSPS) is 33.4. The summed E-state index contributed by atoms with van der Waals surface area (Å²) in [5, 5.41) is 20.9. The van der Waals surface area contributed by atoms with E-state index in [1.165, 1.54) is 0 Å². The summed E-state index contributed by atoms with van der Waals surface area (Å²) in [4.78, 5) is 0. The van der Waals surface area contributed by atoms with Crippen molar-refractivity contribution in [2.45, 2.75) is 69.1 Å². The number of hydrogen-bond donors (Lipinski definition) is 2. The van der Waals surface area contributed by atoms with Crippen LogP contribution in [0.4, 0.5) is 0 Å². The molecule has 2 fully saturated rings. The standard InChI is InChI=1S/C21H30O6/c1-2-3-4-5-6-10-13-24-21-18(23)17(22)19-16(26-21)14-25-20(27-19)15-11-8-7-9-12-15/h2,7-9,11-12,16-23H,1,3-6,10,13-14H2/t16-,17-,18-,19+,20?,21-/m1/s1. The first-order valence-electron chi connectivity index (χ1n) is 9.77. The van der Waals surface area contributed by atoms with Gasteiger partial charge >= 0.3 is 0 Å². The van der Waals surface area contributed by atoms with E-state index < -0.39 is 37.0 Å². The molecule has 27 heavy (non-hydrogen) atoms. The van der Waals surface area contributed by atoms with E-state index >= 15 is 0 Å². The van der Waals surface area contributed by atoms with Gasteiger partial charge in [0.25, 0.3) is 0 Å². The van der Waals surface area contributed by atoms with Crippen LogP contribution in [-0.4, -0.2) is 54.1 Å². The van der Waals surface area contributed by atoms with Gasteiger partial charge in [0.15, 0.2) is 12.6 Å². The molecule has 2 heterocycles. The highest BCUT2D eigenvalue weighted by atomic mass is 16.8. The second-order valence-corrected chi connectivity index (χ2v) is 7.06. The first kappa shape index (κ1) is 20.5. The second kappa shape index (κ2) is 10.3. The molecule has 0 bridgehead atoms. The van der Waals surface area contributed by atoms with Crippen molar-refractivity contribution >= 4 is 0 Å². The van der Waals surface area contributed by atoms with Gasteiger partial charge in [-0.25, -0.2) is 0 Å². The van der Waals surface area contributed by atoms with E-state index in [9.17, 15) is 10.2 Å². The van der Waals surface area contributed by atoms with Crippen molar-refractivity contribution in [2.75, 3.05) is 13.2 Å². The largest absolute Gasteiger partial charge is 0.387 e. The fourth-order valence-corrected chi connectivity index (χ4v) is 3.44. The Morgan fingerprint density at radius 1 is 1.04 bits per heavy atom. The quantitative estimate of drug-likeness (QED) is 0.508. The van der Waals surface area contributed by atoms with Crippen molar-refractivity contribution in [3.05, 3.63) is 48.6 Å². The molecule has 150 valence electrons. The zero-order chi connectivity index (χ0) is 19.1. The molecule has 1 unspecified atom stereocenters. The summed E-state index contributed by atoms with van der Waals surface area (Å²) in [6.45, 7) is 4.47. The predicted octanol–water partition coefficient (Wildman–Crippen LogP) is 2.70. The van der Waals surface area contributed by atoms with E-state index in [0.29, 0.717) is 6.61 Å². The van der Waals surface area contributed by atoms with Crippen LogP contribution >= 0.6 is 0 Å². The summed E-state index contributed by atoms with van der Waals surface area (Å²) in [7, 11) is 0. The van der Waals surface area contributed by atoms with Gasteiger partial charge in [0, 0.05) is 12.2 Å². The molecule has 0 aliphatic carbocycles. The molecule has 0 amide bonds. The Hall–Kier alpha value is -1.28. The van der Waals surface area contributed by atoms with Crippen LogP contribution in [0.3, 0.4) is 0 Å². The summed E-state index contributed by atoms with van der Waals surface area (Å²) in [5.41, 5.74) is 0.868. The number of fused-ring (bicyclic) bond motifs is 1. The average Bonchev–Trinajstić information content (AvgIpc) is 2.71. The zero-order valence-corrected chi connectivity index (χ0v) is 15.6. The van der Waals surface area contributed by atoms with Crippen LogP contribution in [0.25, 0.3) is 0 Å². The highest BCUT2D eigenvalue weighted by Gasteiger charge is 2.49. The van der Waals surface area contributed by atoms with Crippen molar-refractivity contribution < 1.29 is 29.2 Å². The second-order valence-electron chi connectivity index (χ2n) is 7.06. The Bertz CT molecular complexity index is 563. The van der Waals surface area contributed by atoms with Crippen LogP contribution in [0.5, 0.6) is 0 Å². The van der Waals surface area contributed by atoms with Gasteiger partial charge in [-0.15, -0.1) is 6.58 Å². The lowest BCUT2D eigenvalue weighted by Crippen LogP contribution is -2.62. The molecule has 0 radical (unpaired) electrons. The van der Waals surface area contributed by atoms with Crippen LogP contribution in [0.2, 0.25) is 0 Å². The molecule has 2 saturated heterocycles. The Kier molecular flexibility index (Phi) is 7.81. The molecule has 3 rings (SSSR count). The van der Waals surface area contributed by atoms with Crippen LogP contribution in [0, 0.1) is 0 Å². The Labute approximate surface area is 160 Å². The van der Waals surface area contributed by atoms with Crippen LogP contribution in [0.15, 0.2) is 43.0 Å². The van der Waals surface area contributed by atoms with Gasteiger partial charge in [0.1, 0.15) is 24.4 Å². The van der Waals surface area contributed by atoms with Crippen molar-refractivity contribution in [3.8, 4) is 0 Å². The van der Waals surface area contributed by atoms with E-state index in [-0.39, 0.29) is 6.61 Å². The molecule has 1 aromatic carbocycles. The Balaban J connectivity index is 1.46. The number of aliphatic hydroxyl groups excluding tert-OH is 2. The van der Waals surface area contributed by atoms with E-state index in [4.69, 9.17) is 18.9 Å². The fraction of sp³-hybridized carbons (Fsp3) is 0.619. The maximum Gasteiger partial charge on any atom is 0.186 e. The van der Waals surface area contributed by atoms with Gasteiger partial charge in [-0.2, -0.15) is 0 Å². The monoisotopic (exact) mass is 378 g/mol. The maximum atomic E-state index is 10.5. The lowest BCUT2D eigenvalue weighted by molar-refractivity contribution is -0.361. The number of ether oxygens (including phenoxy) is 4. The highest BCUT2D eigenvalue weighted by Crippen LogP contribution is 2.34. The summed E-state index contributed by atoms with van der Waals surface area (Å²) in [6, 6.07) is 9.52. The third kappa shape index (κ3) is 5.38. The first-order chi connectivity index (χ1) is 13.2. The molecule has 6 nitrogen and oxygen atoms in total. The number of allylic oxidation sites excluding steroid dienone is 1. The molecule has 2 N–H and O–H groups in total. The molecule has 6 heteroatoms. The topological polar surface area (TPSA) is 77.4 Å². The van der Waals surface area contributed by atoms with E-state index in [1.807, 2.05) is 36.4 Å². The van der Waals surface area contributed by atoms with Crippen LogP contribution in [0.1, 0.15) is 44.0 Å². The summed E-state index contributed by atoms with van der Waals surface area (Å²) >= 11 is 0. The van der Waals surface area contributed by atoms with Crippen molar-refractivity contribution in [1.82, 2.24) is 0 Å². The minimum absolute atomic E-state index is 0.273. The third-order valence-corrected chi connectivity index (χ3v) is 4.99. The number of aliphatic hydroxyl groups is 2. The van der Waals surface area contributed by atoms with Crippen LogP contribution in [-0.2, 0) is 18.9 Å². The third-order valence-electron chi connectivity index (χ3n) is 4.99. The van der Waals surface area contributed by atoms with Crippen molar-refractivity contribution in [3.63, 3.8) is 0 Å². The lowest BCUT2D eigenvalue weighted by atomic mass is 9.98. The Morgan fingerprint density at radius 3 is 2.59 bits per heavy atom. The minimum atomic E-state index is -1.15. The molecule has 2 aliphatic heterocycles. The fourth-order valence-electron chi connectivity index (χ4n) is 3.44. The predicted molar refractivity (Wildman–Crippen MR) is 99.9 cm³/mol. The van der Waals surface area contributed by atoms with Gasteiger partial charge in [-0.3, -0.25) is 0 Å². The van der Waals surface area contributed by atoms with Crippen molar-refractivity contribution in [1.29, 1.82) is 0 Å². The van der Waals surface area contributed by atoms with Gasteiger partial charge in [-0.1, -0.05) is 49.2 Å². The SMILES string of the molecule is C=CCCCCCCO[C@@H]1O[C@@H]2COC(c3ccccc3)O[C@@H]2[C@H](O)[C@H]1O. The minimum Gasteiger partial charge on any atom is -0.387 e. The summed E-state index contributed by atoms with van der Waals surface area (Å²) in [6.07, 6.45) is 2.34. The van der Waals surface area contributed by atoms with Gasteiger partial charge in [0.2, 0.25) is 0 Å². The molecular weight excluding hydrogens is 348 g/mol. The van der Waals surface area contributed by atoms with Crippen LogP contribution < -0.4 is 0 Å². The van der Waals surface area contributed by atoms with Crippen molar-refractivity contribution in [2.24, 2.45) is 0 Å². The number of benzene rings is 1. The Morgan fingerprint density at radius 2 is 1.81 bits per heavy atom. The van der Waals surface area contributed by atoms with Gasteiger partial charge < -0.3 is 29.2 Å². The summed E-state index contributed by atoms with van der Waals surface area (Å²) in [5.74, 6) is 0. The highest BCUT2D eigenvalue weighted by molar-refractivity contribution is 5.16. The van der Waals surface area contributed by atoms with E-state index in [0.717, 1.165) is 37.7 Å². The molecule has 1 aromatic rings. The molecule has 2 aliphatic rings. The number of unbranched alkanes of at least 4 members (excludes halogenated alkanes) is 4. The maximum absolute atomic E-state index is 10.5. The summed E-state index contributed by atoms with van der Waals surface area (Å²) < 4.78 is 23.1. The average molecular weight is 378 g/mol. The molecular formula is C21H30O6. The van der Waals surface area contributed by atoms with Gasteiger partial charge in [-0.05, 0) is 19.3 Å². The lowest BCUT2D eigenvalue weighted by Gasteiger charge is -2.46. The number of hydrogen-bond acceptors (Lipinski definition) is 6. The first-order valence-corrected chi connectivity index (χ1v) is 9.77. The number of rotatable bonds is 9. The zero-order valence-electron chi connectivity index (χ0n) is 15.6. The molecule has 0 saturated carbocycles. The van der Waals surface area contributed by atoms with Gasteiger partial charge in [0.05, 0.1) is 6.61 Å². The van der Waals surface area contributed by atoms with E-state index in [2.05, 4.69) is 6.58 Å². The van der Waals surface area contributed by atoms with E-state index in [1.54, 1.807) is 0 Å². The smallest absolute Gasteiger partial charge is 0.186 e. The molecule has 0 spiro atoms. The molecule has 6 atom stereocenters.